The van der Waals surface area contributed by atoms with E-state index in [1.807, 2.05) is 6.92 Å². The molecule has 7 nitrogen and oxygen atoms in total. The van der Waals surface area contributed by atoms with E-state index in [0.29, 0.717) is 27.3 Å². The Kier molecular flexibility index (Phi) is 7.06. The number of rotatable bonds is 4. The molecule has 4 aromatic rings. The number of aromatic nitrogens is 1. The topological polar surface area (TPSA) is 92.2 Å². The van der Waals surface area contributed by atoms with Gasteiger partial charge in [0.15, 0.2) is 0 Å². The maximum Gasteiger partial charge on any atom is 0.328 e. The lowest BCUT2D eigenvalue weighted by atomic mass is 10.2. The average Bonchev–Trinajstić information content (AvgIpc) is 3.15. The summed E-state index contributed by atoms with van der Waals surface area (Å²) < 4.78 is 2.96. The number of aryl methyl sites for hydroxylation is 1. The Balaban J connectivity index is 1.63. The Hall–Kier alpha value is -3.14. The van der Waals surface area contributed by atoms with Crippen LogP contribution in [-0.2, 0) is 9.59 Å². The highest BCUT2D eigenvalue weighted by Crippen LogP contribution is 2.26. The molecule has 3 aromatic carbocycles. The van der Waals surface area contributed by atoms with Crippen molar-refractivity contribution in [2.45, 2.75) is 6.92 Å². The van der Waals surface area contributed by atoms with Gasteiger partial charge in [-0.1, -0.05) is 55.6 Å². The first-order valence-electron chi connectivity index (χ1n) is 9.98. The number of nitrogens with one attached hydrogen (secondary N) is 3. The molecule has 10 heteroatoms. The summed E-state index contributed by atoms with van der Waals surface area (Å²) in [5.74, 6) is -2.32. The molecule has 1 aromatic heterocycles. The van der Waals surface area contributed by atoms with Crippen LogP contribution in [0.4, 0.5) is 11.4 Å². The average molecular weight is 605 g/mol. The molecule has 0 fully saturated rings. The third kappa shape index (κ3) is 5.16. The molecule has 0 aliphatic carbocycles. The van der Waals surface area contributed by atoms with Gasteiger partial charge < -0.3 is 10.6 Å². The van der Waals surface area contributed by atoms with Gasteiger partial charge in [-0.15, -0.1) is 0 Å². The van der Waals surface area contributed by atoms with Gasteiger partial charge in [0.05, 0.1) is 16.2 Å². The number of para-hydroxylation sites is 1. The molecule has 34 heavy (non-hydrogen) atoms. The fourth-order valence-corrected chi connectivity index (χ4v) is 4.09. The monoisotopic (exact) mass is 602 g/mol. The van der Waals surface area contributed by atoms with Gasteiger partial charge in [-0.25, -0.2) is 4.68 Å². The molecule has 0 atom stereocenters. The van der Waals surface area contributed by atoms with E-state index in [9.17, 15) is 14.4 Å². The first kappa shape index (κ1) is 24.0. The van der Waals surface area contributed by atoms with Crippen LogP contribution in [0.2, 0.25) is 5.02 Å². The molecule has 0 radical (unpaired) electrons. The quantitative estimate of drug-likeness (QED) is 0.246. The number of hydrogen-bond acceptors (Lipinski definition) is 3. The zero-order chi connectivity index (χ0) is 24.4. The van der Waals surface area contributed by atoms with Crippen LogP contribution in [0.15, 0.2) is 75.7 Å². The van der Waals surface area contributed by atoms with E-state index in [1.165, 1.54) is 4.68 Å². The lowest BCUT2D eigenvalue weighted by molar-refractivity contribution is -0.133. The van der Waals surface area contributed by atoms with Crippen LogP contribution >= 0.6 is 43.5 Å². The fraction of sp³-hybridized carbons (Fsp3) is 0.0417. The number of anilines is 2. The number of fused-ring (bicyclic) bond motifs is 1. The lowest BCUT2D eigenvalue weighted by Crippen LogP contribution is -2.36. The smallest absolute Gasteiger partial charge is 0.319 e. The van der Waals surface area contributed by atoms with Crippen LogP contribution in [0.3, 0.4) is 0 Å². The van der Waals surface area contributed by atoms with Gasteiger partial charge in [-0.3, -0.25) is 19.8 Å². The van der Waals surface area contributed by atoms with Gasteiger partial charge in [-0.05, 0) is 67.1 Å². The van der Waals surface area contributed by atoms with Gasteiger partial charge in [0.25, 0.3) is 5.91 Å². The Labute approximate surface area is 216 Å². The van der Waals surface area contributed by atoms with Crippen LogP contribution in [0.25, 0.3) is 10.9 Å². The summed E-state index contributed by atoms with van der Waals surface area (Å²) >= 11 is 13.0. The minimum Gasteiger partial charge on any atom is -0.319 e. The Morgan fingerprint density at radius 3 is 2.38 bits per heavy atom. The zero-order valence-electron chi connectivity index (χ0n) is 17.7. The van der Waals surface area contributed by atoms with Crippen molar-refractivity contribution in [3.05, 3.63) is 92.0 Å². The lowest BCUT2D eigenvalue weighted by Gasteiger charge is -2.13. The van der Waals surface area contributed by atoms with Crippen molar-refractivity contribution in [1.82, 2.24) is 4.68 Å². The highest BCUT2D eigenvalue weighted by molar-refractivity contribution is 9.10. The van der Waals surface area contributed by atoms with Gasteiger partial charge in [0.2, 0.25) is 0 Å². The molecule has 4 rings (SSSR count). The SMILES string of the molecule is Cc1cc(NC(=O)C(=O)Nn2c(C(=O)Nc3ccccc3Cl)cc3cc(Br)ccc32)ccc1Br. The van der Waals surface area contributed by atoms with Crippen molar-refractivity contribution in [2.75, 3.05) is 16.1 Å². The molecule has 0 saturated heterocycles. The van der Waals surface area contributed by atoms with E-state index in [1.54, 1.807) is 66.7 Å². The van der Waals surface area contributed by atoms with E-state index in [4.69, 9.17) is 11.6 Å². The second-order valence-electron chi connectivity index (χ2n) is 7.36. The molecule has 0 unspecified atom stereocenters. The summed E-state index contributed by atoms with van der Waals surface area (Å²) in [5.41, 5.74) is 4.97. The molecule has 0 aliphatic rings. The van der Waals surface area contributed by atoms with Crippen molar-refractivity contribution in [3.8, 4) is 0 Å². The maximum atomic E-state index is 13.1. The third-order valence-electron chi connectivity index (χ3n) is 4.95. The minimum absolute atomic E-state index is 0.119. The Bertz CT molecular complexity index is 1450. The first-order valence-corrected chi connectivity index (χ1v) is 11.9. The van der Waals surface area contributed by atoms with E-state index in [2.05, 4.69) is 47.9 Å². The van der Waals surface area contributed by atoms with Crippen molar-refractivity contribution in [1.29, 1.82) is 0 Å². The minimum atomic E-state index is -0.937. The van der Waals surface area contributed by atoms with Gasteiger partial charge in [0, 0.05) is 20.0 Å². The molecule has 1 heterocycles. The normalized spacial score (nSPS) is 10.7. The van der Waals surface area contributed by atoms with Crippen molar-refractivity contribution < 1.29 is 14.4 Å². The number of carbonyl (C=O) groups is 3. The van der Waals surface area contributed by atoms with E-state index in [0.717, 1.165) is 14.5 Å². The molecule has 0 bridgehead atoms. The molecular formula is C24H17Br2ClN4O3. The second-order valence-corrected chi connectivity index (χ2v) is 9.54. The summed E-state index contributed by atoms with van der Waals surface area (Å²) in [5, 5.41) is 6.35. The number of benzene rings is 3. The van der Waals surface area contributed by atoms with Gasteiger partial charge in [0.1, 0.15) is 5.69 Å². The summed E-state index contributed by atoms with van der Waals surface area (Å²) in [6, 6.07) is 18.9. The first-order chi connectivity index (χ1) is 16.2. The van der Waals surface area contributed by atoms with Crippen molar-refractivity contribution in [2.24, 2.45) is 0 Å². The largest absolute Gasteiger partial charge is 0.328 e. The number of halogens is 3. The summed E-state index contributed by atoms with van der Waals surface area (Å²) in [6.07, 6.45) is 0. The van der Waals surface area contributed by atoms with Crippen molar-refractivity contribution in [3.63, 3.8) is 0 Å². The van der Waals surface area contributed by atoms with E-state index >= 15 is 0 Å². The molecule has 3 amide bonds. The van der Waals surface area contributed by atoms with Crippen LogP contribution in [0, 0.1) is 6.92 Å². The molecule has 0 saturated carbocycles. The number of carbonyl (C=O) groups excluding carboxylic acids is 3. The van der Waals surface area contributed by atoms with Crippen LogP contribution < -0.4 is 16.1 Å². The molecule has 0 spiro atoms. The molecule has 0 aliphatic heterocycles. The second kappa shape index (κ2) is 10.0. The highest BCUT2D eigenvalue weighted by atomic mass is 79.9. The zero-order valence-corrected chi connectivity index (χ0v) is 21.6. The van der Waals surface area contributed by atoms with Crippen LogP contribution in [-0.4, -0.2) is 22.4 Å². The Morgan fingerprint density at radius 2 is 1.65 bits per heavy atom. The molecule has 3 N–H and O–H groups in total. The maximum absolute atomic E-state index is 13.1. The number of amides is 3. The summed E-state index contributed by atoms with van der Waals surface area (Å²) in [7, 11) is 0. The standard InChI is InChI=1S/C24H17Br2ClN4O3/c1-13-10-16(7-8-17(13)26)28-23(33)24(34)30-31-20-9-6-15(25)11-14(20)12-21(31)22(32)29-19-5-3-2-4-18(19)27/h2-12H,1H3,(H,28,33)(H,29,32)(H,30,34). The van der Waals surface area contributed by atoms with Gasteiger partial charge >= 0.3 is 11.8 Å². The number of hydrogen-bond donors (Lipinski definition) is 3. The van der Waals surface area contributed by atoms with Gasteiger partial charge in [-0.2, -0.15) is 0 Å². The predicted molar refractivity (Wildman–Crippen MR) is 141 cm³/mol. The number of nitrogens with zero attached hydrogens (tertiary/aromatic N) is 1. The highest BCUT2D eigenvalue weighted by Gasteiger charge is 2.21. The molecule has 172 valence electrons. The van der Waals surface area contributed by atoms with E-state index in [-0.39, 0.29) is 5.69 Å². The third-order valence-corrected chi connectivity index (χ3v) is 6.67. The van der Waals surface area contributed by atoms with E-state index < -0.39 is 17.7 Å². The van der Waals surface area contributed by atoms with Crippen LogP contribution in [0.5, 0.6) is 0 Å². The predicted octanol–water partition coefficient (Wildman–Crippen LogP) is 6.09. The summed E-state index contributed by atoms with van der Waals surface area (Å²) in [4.78, 5) is 38.4. The fourth-order valence-electron chi connectivity index (χ4n) is 3.29. The van der Waals surface area contributed by atoms with Crippen molar-refractivity contribution >= 4 is 83.5 Å². The Morgan fingerprint density at radius 1 is 0.882 bits per heavy atom. The summed E-state index contributed by atoms with van der Waals surface area (Å²) in [6.45, 7) is 1.87. The van der Waals surface area contributed by atoms with Crippen LogP contribution in [0.1, 0.15) is 16.1 Å². The molecular weight excluding hydrogens is 588 g/mol.